The van der Waals surface area contributed by atoms with E-state index in [2.05, 4.69) is 5.32 Å². The van der Waals surface area contributed by atoms with Crippen molar-refractivity contribution in [1.82, 2.24) is 5.32 Å². The van der Waals surface area contributed by atoms with Crippen molar-refractivity contribution in [1.29, 1.82) is 0 Å². The van der Waals surface area contributed by atoms with Gasteiger partial charge in [0.1, 0.15) is 10.7 Å². The van der Waals surface area contributed by atoms with Gasteiger partial charge in [-0.3, -0.25) is 4.79 Å². The Morgan fingerprint density at radius 1 is 1.35 bits per heavy atom. The number of nitrogens with one attached hydrogen (secondary N) is 1. The monoisotopic (exact) mass is 321 g/mol. The summed E-state index contributed by atoms with van der Waals surface area (Å²) < 4.78 is 40.9. The van der Waals surface area contributed by atoms with E-state index in [0.29, 0.717) is 26.1 Å². The summed E-state index contributed by atoms with van der Waals surface area (Å²) in [6.07, 6.45) is 1.38. The van der Waals surface area contributed by atoms with Crippen molar-refractivity contribution in [3.8, 4) is 0 Å². The van der Waals surface area contributed by atoms with Crippen molar-refractivity contribution in [3.05, 3.63) is 29.6 Å². The van der Waals surface area contributed by atoms with Gasteiger partial charge in [-0.05, 0) is 31.0 Å². The Kier molecular flexibility index (Phi) is 4.62. The number of hydrogen-bond acceptors (Lipinski definition) is 4. The third-order valence-corrected chi connectivity index (χ3v) is 4.35. The van der Waals surface area contributed by atoms with Crippen LogP contribution in [-0.2, 0) is 13.8 Å². The average Bonchev–Trinajstić information content (AvgIpc) is 2.39. The third-order valence-electron chi connectivity index (χ3n) is 3.01. The van der Waals surface area contributed by atoms with Crippen molar-refractivity contribution in [3.63, 3.8) is 0 Å². The SMILES string of the molecule is O=C(NC1CCOCC1)c1ccc(F)c(S(=O)(=O)Cl)c1. The molecule has 0 saturated carbocycles. The van der Waals surface area contributed by atoms with Gasteiger partial charge in [0.2, 0.25) is 0 Å². The highest BCUT2D eigenvalue weighted by Gasteiger charge is 2.21. The first-order chi connectivity index (χ1) is 9.38. The van der Waals surface area contributed by atoms with E-state index in [1.54, 1.807) is 0 Å². The molecule has 5 nitrogen and oxygen atoms in total. The number of halogens is 2. The van der Waals surface area contributed by atoms with E-state index >= 15 is 0 Å². The Hall–Kier alpha value is -1.18. The Morgan fingerprint density at radius 2 is 2.00 bits per heavy atom. The second kappa shape index (κ2) is 6.07. The summed E-state index contributed by atoms with van der Waals surface area (Å²) in [6.45, 7) is 1.13. The molecule has 0 spiro atoms. The number of hydrogen-bond donors (Lipinski definition) is 1. The van der Waals surface area contributed by atoms with Crippen LogP contribution in [0.3, 0.4) is 0 Å². The molecule has 110 valence electrons. The quantitative estimate of drug-likeness (QED) is 0.859. The normalized spacial score (nSPS) is 16.9. The zero-order valence-electron chi connectivity index (χ0n) is 10.4. The largest absolute Gasteiger partial charge is 0.381 e. The minimum absolute atomic E-state index is 0.0302. The third kappa shape index (κ3) is 3.68. The molecule has 1 aliphatic heterocycles. The standard InChI is InChI=1S/C12H13ClFNO4S/c13-20(17,18)11-7-8(1-2-10(11)14)12(16)15-9-3-5-19-6-4-9/h1-2,7,9H,3-6H2,(H,15,16). The second-order valence-corrected chi connectivity index (χ2v) is 6.98. The van der Waals surface area contributed by atoms with Crippen molar-refractivity contribution in [2.24, 2.45) is 0 Å². The van der Waals surface area contributed by atoms with Gasteiger partial charge >= 0.3 is 0 Å². The highest BCUT2D eigenvalue weighted by atomic mass is 35.7. The molecule has 0 radical (unpaired) electrons. The highest BCUT2D eigenvalue weighted by molar-refractivity contribution is 8.13. The number of amides is 1. The summed E-state index contributed by atoms with van der Waals surface area (Å²) in [7, 11) is 0.891. The smallest absolute Gasteiger partial charge is 0.264 e. The van der Waals surface area contributed by atoms with Crippen LogP contribution in [0.2, 0.25) is 0 Å². The van der Waals surface area contributed by atoms with E-state index in [9.17, 15) is 17.6 Å². The van der Waals surface area contributed by atoms with Gasteiger partial charge in [-0.2, -0.15) is 0 Å². The Labute approximate surface area is 120 Å². The van der Waals surface area contributed by atoms with E-state index in [1.807, 2.05) is 0 Å². The molecule has 8 heteroatoms. The van der Waals surface area contributed by atoms with Crippen LogP contribution in [0.5, 0.6) is 0 Å². The molecule has 0 atom stereocenters. The maximum absolute atomic E-state index is 13.4. The van der Waals surface area contributed by atoms with Crippen LogP contribution >= 0.6 is 10.7 Å². The lowest BCUT2D eigenvalue weighted by atomic mass is 10.1. The topological polar surface area (TPSA) is 72.5 Å². The van der Waals surface area contributed by atoms with Crippen LogP contribution in [-0.4, -0.2) is 33.6 Å². The van der Waals surface area contributed by atoms with E-state index < -0.39 is 25.7 Å². The van der Waals surface area contributed by atoms with Gasteiger partial charge in [0, 0.05) is 35.5 Å². The number of benzene rings is 1. The van der Waals surface area contributed by atoms with Gasteiger partial charge < -0.3 is 10.1 Å². The van der Waals surface area contributed by atoms with Gasteiger partial charge in [0.05, 0.1) is 0 Å². The van der Waals surface area contributed by atoms with Crippen molar-refractivity contribution in [2.75, 3.05) is 13.2 Å². The van der Waals surface area contributed by atoms with E-state index in [4.69, 9.17) is 15.4 Å². The number of carbonyl (C=O) groups is 1. The maximum atomic E-state index is 13.4. The molecule has 1 amide bonds. The summed E-state index contributed by atoms with van der Waals surface area (Å²) >= 11 is 0. The lowest BCUT2D eigenvalue weighted by Gasteiger charge is -2.23. The molecular weight excluding hydrogens is 309 g/mol. The molecule has 1 aromatic carbocycles. The first-order valence-electron chi connectivity index (χ1n) is 6.01. The van der Waals surface area contributed by atoms with Gasteiger partial charge in [0.15, 0.2) is 0 Å². The maximum Gasteiger partial charge on any atom is 0.264 e. The lowest BCUT2D eigenvalue weighted by Crippen LogP contribution is -2.38. The summed E-state index contributed by atoms with van der Waals surface area (Å²) in [5, 5.41) is 2.75. The molecule has 0 bridgehead atoms. The fourth-order valence-corrected chi connectivity index (χ4v) is 2.87. The molecule has 20 heavy (non-hydrogen) atoms. The summed E-state index contributed by atoms with van der Waals surface area (Å²) in [6, 6.07) is 3.04. The molecule has 0 aliphatic carbocycles. The van der Waals surface area contributed by atoms with Crippen LogP contribution in [0.1, 0.15) is 23.2 Å². The highest BCUT2D eigenvalue weighted by Crippen LogP contribution is 2.20. The van der Waals surface area contributed by atoms with E-state index in [0.717, 1.165) is 12.1 Å². The van der Waals surface area contributed by atoms with Gasteiger partial charge in [-0.15, -0.1) is 0 Å². The van der Waals surface area contributed by atoms with Crippen LogP contribution in [0.4, 0.5) is 4.39 Å². The van der Waals surface area contributed by atoms with Crippen molar-refractivity contribution < 1.29 is 22.3 Å². The minimum atomic E-state index is -4.23. The number of ether oxygens (including phenoxy) is 1. The lowest BCUT2D eigenvalue weighted by molar-refractivity contribution is 0.0696. The Bertz CT molecular complexity index is 614. The first-order valence-corrected chi connectivity index (χ1v) is 8.31. The van der Waals surface area contributed by atoms with E-state index in [-0.39, 0.29) is 11.6 Å². The molecule has 1 saturated heterocycles. The molecule has 1 fully saturated rings. The Balaban J connectivity index is 2.18. The van der Waals surface area contributed by atoms with Crippen molar-refractivity contribution in [2.45, 2.75) is 23.8 Å². The summed E-state index contributed by atoms with van der Waals surface area (Å²) in [5.74, 6) is -1.44. The molecule has 1 N–H and O–H groups in total. The summed E-state index contributed by atoms with van der Waals surface area (Å²) in [5.41, 5.74) is 0.0529. The number of carbonyl (C=O) groups excluding carboxylic acids is 1. The van der Waals surface area contributed by atoms with Gasteiger partial charge in [0.25, 0.3) is 15.0 Å². The van der Waals surface area contributed by atoms with Crippen LogP contribution in [0.15, 0.2) is 23.1 Å². The van der Waals surface area contributed by atoms with Crippen LogP contribution in [0, 0.1) is 5.82 Å². The predicted molar refractivity (Wildman–Crippen MR) is 70.7 cm³/mol. The average molecular weight is 322 g/mol. The minimum Gasteiger partial charge on any atom is -0.381 e. The molecule has 0 unspecified atom stereocenters. The molecular formula is C12H13ClFNO4S. The predicted octanol–water partition coefficient (Wildman–Crippen LogP) is 1.66. The first kappa shape index (κ1) is 15.2. The number of rotatable bonds is 3. The van der Waals surface area contributed by atoms with Crippen molar-refractivity contribution >= 4 is 25.6 Å². The molecule has 2 rings (SSSR count). The second-order valence-electron chi connectivity index (χ2n) is 4.44. The fraction of sp³-hybridized carbons (Fsp3) is 0.417. The molecule has 0 aromatic heterocycles. The van der Waals surface area contributed by atoms with Gasteiger partial charge in [-0.25, -0.2) is 12.8 Å². The van der Waals surface area contributed by atoms with Crippen LogP contribution in [0.25, 0.3) is 0 Å². The zero-order valence-corrected chi connectivity index (χ0v) is 12.0. The fourth-order valence-electron chi connectivity index (χ4n) is 1.94. The van der Waals surface area contributed by atoms with Crippen LogP contribution < -0.4 is 5.32 Å². The molecule has 1 aromatic rings. The Morgan fingerprint density at radius 3 is 2.60 bits per heavy atom. The summed E-state index contributed by atoms with van der Waals surface area (Å²) in [4.78, 5) is 11.3. The molecule has 1 heterocycles. The zero-order chi connectivity index (χ0) is 14.8. The van der Waals surface area contributed by atoms with Gasteiger partial charge in [-0.1, -0.05) is 0 Å². The molecule has 1 aliphatic rings. The van der Waals surface area contributed by atoms with E-state index in [1.165, 1.54) is 6.07 Å².